The van der Waals surface area contributed by atoms with E-state index in [9.17, 15) is 0 Å². The monoisotopic (exact) mass is 380 g/mol. The zero-order chi connectivity index (χ0) is 18.7. The Morgan fingerprint density at radius 3 is 2.64 bits per heavy atom. The van der Waals surface area contributed by atoms with Crippen LogP contribution in [0, 0.1) is 0 Å². The van der Waals surface area contributed by atoms with E-state index in [0.717, 1.165) is 12.8 Å². The number of rotatable bonds is 1. The van der Waals surface area contributed by atoms with E-state index < -0.39 is 0 Å². The Bertz CT molecular complexity index is 1270. The fourth-order valence-electron chi connectivity index (χ4n) is 4.53. The van der Waals surface area contributed by atoms with Crippen molar-refractivity contribution in [2.45, 2.75) is 22.6 Å². The molecule has 3 heteroatoms. The molecule has 0 amide bonds. The lowest BCUT2D eigenvalue weighted by molar-refractivity contribution is 0.887. The van der Waals surface area contributed by atoms with Crippen molar-refractivity contribution in [2.75, 3.05) is 11.9 Å². The number of hydrogen-bond donors (Lipinski definition) is 0. The maximum absolute atomic E-state index is 2.47. The minimum absolute atomic E-state index is 1.09. The van der Waals surface area contributed by atoms with E-state index in [1.54, 1.807) is 0 Å². The first kappa shape index (κ1) is 16.1. The molecule has 0 N–H and O–H groups in total. The van der Waals surface area contributed by atoms with Crippen molar-refractivity contribution < 1.29 is 0 Å². The highest BCUT2D eigenvalue weighted by molar-refractivity contribution is 7.99. The highest BCUT2D eigenvalue weighted by atomic mass is 32.2. The Morgan fingerprint density at radius 1 is 0.857 bits per heavy atom. The van der Waals surface area contributed by atoms with E-state index in [-0.39, 0.29) is 0 Å². The second kappa shape index (κ2) is 6.05. The van der Waals surface area contributed by atoms with Crippen LogP contribution in [0.3, 0.4) is 0 Å². The predicted octanol–water partition coefficient (Wildman–Crippen LogP) is 6.82. The largest absolute Gasteiger partial charge is 0.343 e. The maximum atomic E-state index is 2.47. The minimum atomic E-state index is 1.09. The van der Waals surface area contributed by atoms with Crippen LogP contribution in [0.25, 0.3) is 22.7 Å². The molecule has 0 saturated heterocycles. The SMILES string of the molecule is CN1c2ccccc2Sc2ccc(-n3c4c(c5ccccc53)C=CCC4)cc21. The molecule has 28 heavy (non-hydrogen) atoms. The van der Waals surface area contributed by atoms with Gasteiger partial charge in [0.15, 0.2) is 0 Å². The van der Waals surface area contributed by atoms with Gasteiger partial charge in [-0.1, -0.05) is 54.2 Å². The first-order chi connectivity index (χ1) is 13.8. The molecule has 2 heterocycles. The fraction of sp³-hybridized carbons (Fsp3) is 0.120. The van der Waals surface area contributed by atoms with Crippen LogP contribution in [-0.4, -0.2) is 11.6 Å². The molecule has 2 aliphatic rings. The lowest BCUT2D eigenvalue weighted by atomic mass is 10.0. The molecule has 1 aliphatic carbocycles. The molecule has 0 fully saturated rings. The molecule has 6 rings (SSSR count). The Morgan fingerprint density at radius 2 is 1.68 bits per heavy atom. The van der Waals surface area contributed by atoms with Gasteiger partial charge in [0.1, 0.15) is 0 Å². The van der Waals surface area contributed by atoms with E-state index in [4.69, 9.17) is 0 Å². The summed E-state index contributed by atoms with van der Waals surface area (Å²) >= 11 is 1.86. The Kier molecular flexibility index (Phi) is 3.47. The van der Waals surface area contributed by atoms with Gasteiger partial charge in [-0.2, -0.15) is 0 Å². The number of benzene rings is 3. The molecule has 4 aromatic rings. The number of aromatic nitrogens is 1. The molecule has 0 spiro atoms. The van der Waals surface area contributed by atoms with Crippen LogP contribution in [-0.2, 0) is 6.42 Å². The van der Waals surface area contributed by atoms with Gasteiger partial charge in [-0.25, -0.2) is 0 Å². The molecule has 0 radical (unpaired) electrons. The Balaban J connectivity index is 1.57. The van der Waals surface area contributed by atoms with Crippen molar-refractivity contribution in [3.05, 3.63) is 84.1 Å². The first-order valence-corrected chi connectivity index (χ1v) is 10.6. The second-order valence-electron chi connectivity index (χ2n) is 7.43. The molecule has 0 atom stereocenters. The molecular weight excluding hydrogens is 360 g/mol. The predicted molar refractivity (Wildman–Crippen MR) is 119 cm³/mol. The third-order valence-electron chi connectivity index (χ3n) is 5.86. The summed E-state index contributed by atoms with van der Waals surface area (Å²) in [6.07, 6.45) is 6.80. The Labute approximate surface area is 169 Å². The van der Waals surface area contributed by atoms with Crippen LogP contribution in [0.4, 0.5) is 11.4 Å². The van der Waals surface area contributed by atoms with Crippen molar-refractivity contribution in [1.29, 1.82) is 0 Å². The van der Waals surface area contributed by atoms with Gasteiger partial charge in [0.2, 0.25) is 0 Å². The number of para-hydroxylation sites is 2. The first-order valence-electron chi connectivity index (χ1n) is 9.75. The lowest BCUT2D eigenvalue weighted by Gasteiger charge is -2.30. The summed E-state index contributed by atoms with van der Waals surface area (Å²) in [5.74, 6) is 0. The molecule has 1 aliphatic heterocycles. The zero-order valence-electron chi connectivity index (χ0n) is 15.7. The second-order valence-corrected chi connectivity index (χ2v) is 8.52. The van der Waals surface area contributed by atoms with E-state index in [1.165, 1.54) is 49.0 Å². The molecular formula is C25H20N2S. The van der Waals surface area contributed by atoms with E-state index in [1.807, 2.05) is 11.8 Å². The number of nitrogens with zero attached hydrogens (tertiary/aromatic N) is 2. The minimum Gasteiger partial charge on any atom is -0.343 e. The summed E-state index contributed by atoms with van der Waals surface area (Å²) in [6, 6.07) is 24.3. The van der Waals surface area contributed by atoms with Gasteiger partial charge in [-0.05, 0) is 49.2 Å². The van der Waals surface area contributed by atoms with Gasteiger partial charge in [-0.15, -0.1) is 0 Å². The molecule has 2 nitrogen and oxygen atoms in total. The van der Waals surface area contributed by atoms with Crippen molar-refractivity contribution in [1.82, 2.24) is 4.57 Å². The van der Waals surface area contributed by atoms with E-state index in [0.29, 0.717) is 0 Å². The molecule has 0 unspecified atom stereocenters. The van der Waals surface area contributed by atoms with Crippen LogP contribution in [0.2, 0.25) is 0 Å². The number of anilines is 2. The molecule has 1 aromatic heterocycles. The number of allylic oxidation sites excluding steroid dienone is 1. The molecule has 0 saturated carbocycles. The third-order valence-corrected chi connectivity index (χ3v) is 6.99. The third kappa shape index (κ3) is 2.23. The van der Waals surface area contributed by atoms with Crippen molar-refractivity contribution in [3.8, 4) is 5.69 Å². The highest BCUT2D eigenvalue weighted by Crippen LogP contribution is 2.48. The highest BCUT2D eigenvalue weighted by Gasteiger charge is 2.23. The van der Waals surface area contributed by atoms with E-state index >= 15 is 0 Å². The van der Waals surface area contributed by atoms with Gasteiger partial charge >= 0.3 is 0 Å². The summed E-state index contributed by atoms with van der Waals surface area (Å²) in [6.45, 7) is 0. The van der Waals surface area contributed by atoms with Gasteiger partial charge < -0.3 is 9.47 Å². The van der Waals surface area contributed by atoms with Crippen LogP contribution < -0.4 is 4.90 Å². The van der Waals surface area contributed by atoms with Crippen molar-refractivity contribution >= 4 is 40.1 Å². The quantitative estimate of drug-likeness (QED) is 0.358. The molecule has 0 bridgehead atoms. The van der Waals surface area contributed by atoms with E-state index in [2.05, 4.69) is 95.4 Å². The van der Waals surface area contributed by atoms with Gasteiger partial charge in [0.25, 0.3) is 0 Å². The summed E-state index contributed by atoms with van der Waals surface area (Å²) < 4.78 is 2.47. The summed E-state index contributed by atoms with van der Waals surface area (Å²) in [5.41, 5.74) is 7.91. The molecule has 3 aromatic carbocycles. The fourth-order valence-corrected chi connectivity index (χ4v) is 5.66. The van der Waals surface area contributed by atoms with Gasteiger partial charge in [-0.3, -0.25) is 0 Å². The van der Waals surface area contributed by atoms with Crippen LogP contribution >= 0.6 is 11.8 Å². The topological polar surface area (TPSA) is 8.17 Å². The normalized spacial score (nSPS) is 14.7. The van der Waals surface area contributed by atoms with Crippen LogP contribution in [0.15, 0.2) is 82.6 Å². The van der Waals surface area contributed by atoms with Gasteiger partial charge in [0.05, 0.1) is 16.9 Å². The van der Waals surface area contributed by atoms with Crippen molar-refractivity contribution in [2.24, 2.45) is 0 Å². The number of fused-ring (bicyclic) bond motifs is 5. The van der Waals surface area contributed by atoms with Crippen molar-refractivity contribution in [3.63, 3.8) is 0 Å². The van der Waals surface area contributed by atoms with Gasteiger partial charge in [0, 0.05) is 39.2 Å². The average Bonchev–Trinajstić information content (AvgIpc) is 3.08. The molecule has 136 valence electrons. The summed E-state index contributed by atoms with van der Waals surface area (Å²) in [7, 11) is 2.17. The van der Waals surface area contributed by atoms with Crippen LogP contribution in [0.1, 0.15) is 17.7 Å². The average molecular weight is 381 g/mol. The summed E-state index contributed by atoms with van der Waals surface area (Å²) in [4.78, 5) is 4.96. The standard InChI is InChI=1S/C25H20N2S/c1-26-22-12-6-7-13-24(22)28-25-15-14-17(16-23(25)26)27-20-10-4-2-8-18(20)19-9-3-5-11-21(19)27/h2-4,6-10,12-16H,5,11H2,1H3. The Hall–Kier alpha value is -2.91. The zero-order valence-corrected chi connectivity index (χ0v) is 16.5. The smallest absolute Gasteiger partial charge is 0.0571 e. The maximum Gasteiger partial charge on any atom is 0.0571 e. The lowest BCUT2D eigenvalue weighted by Crippen LogP contribution is -2.15. The number of hydrogen-bond acceptors (Lipinski definition) is 2. The summed E-state index contributed by atoms with van der Waals surface area (Å²) in [5, 5.41) is 1.35. The van der Waals surface area contributed by atoms with Crippen LogP contribution in [0.5, 0.6) is 0 Å².